The summed E-state index contributed by atoms with van der Waals surface area (Å²) in [5, 5.41) is 21.0. The van der Waals surface area contributed by atoms with Crippen molar-refractivity contribution < 1.29 is 23.8 Å². The summed E-state index contributed by atoms with van der Waals surface area (Å²) in [5.74, 6) is -0.505. The number of benzene rings is 2. The summed E-state index contributed by atoms with van der Waals surface area (Å²) in [5.41, 5.74) is 2.81. The van der Waals surface area contributed by atoms with E-state index in [1.54, 1.807) is 0 Å². The zero-order chi connectivity index (χ0) is 25.8. The molecule has 0 aliphatic carbocycles. The third kappa shape index (κ3) is 6.91. The smallest absolute Gasteiger partial charge is 0.322 e. The predicted molar refractivity (Wildman–Crippen MR) is 133 cm³/mol. The quantitative estimate of drug-likeness (QED) is 0.450. The summed E-state index contributed by atoms with van der Waals surface area (Å²) >= 11 is 0. The van der Waals surface area contributed by atoms with Gasteiger partial charge in [0.05, 0.1) is 0 Å². The molecule has 0 fully saturated rings. The van der Waals surface area contributed by atoms with E-state index in [9.17, 15) is 14.7 Å². The first-order chi connectivity index (χ1) is 16.3. The molecule has 3 rings (SSSR count). The average Bonchev–Trinajstić information content (AvgIpc) is 3.24. The number of amides is 1. The van der Waals surface area contributed by atoms with Crippen LogP contribution in [0.1, 0.15) is 64.7 Å². The number of rotatable bonds is 7. The van der Waals surface area contributed by atoms with Crippen molar-refractivity contribution in [2.75, 3.05) is 11.9 Å². The fraction of sp³-hybridized carbons (Fsp3) is 0.407. The summed E-state index contributed by atoms with van der Waals surface area (Å²) in [7, 11) is 0. The van der Waals surface area contributed by atoms with Crippen molar-refractivity contribution in [1.82, 2.24) is 10.2 Å². The Bertz CT molecular complexity index is 1150. The van der Waals surface area contributed by atoms with Crippen molar-refractivity contribution in [2.24, 2.45) is 0 Å². The van der Waals surface area contributed by atoms with Gasteiger partial charge in [-0.05, 0) is 46.1 Å². The number of hydrogen-bond donors (Lipinski definition) is 2. The Kier molecular flexibility index (Phi) is 7.63. The Balaban J connectivity index is 1.56. The number of aromatic hydroxyl groups is 1. The molecule has 0 unspecified atom stereocenters. The summed E-state index contributed by atoms with van der Waals surface area (Å²) in [6.45, 7) is 11.8. The van der Waals surface area contributed by atoms with Crippen molar-refractivity contribution in [2.45, 2.75) is 65.2 Å². The second kappa shape index (κ2) is 10.3. The van der Waals surface area contributed by atoms with Gasteiger partial charge in [-0.3, -0.25) is 14.9 Å². The van der Waals surface area contributed by atoms with Crippen LogP contribution in [0.5, 0.6) is 5.75 Å². The predicted octanol–water partition coefficient (Wildman–Crippen LogP) is 5.15. The largest absolute Gasteiger partial charge is 0.507 e. The van der Waals surface area contributed by atoms with Crippen LogP contribution in [-0.2, 0) is 31.6 Å². The second-order valence-electron chi connectivity index (χ2n) is 10.5. The molecule has 2 N–H and O–H groups in total. The van der Waals surface area contributed by atoms with Gasteiger partial charge in [-0.1, -0.05) is 77.0 Å². The molecule has 0 aliphatic rings. The van der Waals surface area contributed by atoms with Gasteiger partial charge in [0, 0.05) is 12.0 Å². The standard InChI is InChI=1S/C27H33N3O5/c1-26(2,3)19-14-17(15-20(23(19)33)27(4,5)6)12-13-22(32)34-16-21(31)28-25-30-29-24(35-25)18-10-8-7-9-11-18/h7-11,14-15,33H,12-13,16H2,1-6H3,(H,28,30,31). The number of hydrogen-bond acceptors (Lipinski definition) is 7. The van der Waals surface area contributed by atoms with Crippen LogP contribution in [0.2, 0.25) is 0 Å². The number of esters is 1. The normalized spacial score (nSPS) is 11.8. The maximum Gasteiger partial charge on any atom is 0.322 e. The number of nitrogens with one attached hydrogen (secondary N) is 1. The van der Waals surface area contributed by atoms with Crippen LogP contribution in [0, 0.1) is 0 Å². The molecule has 0 radical (unpaired) electrons. The first-order valence-electron chi connectivity index (χ1n) is 11.6. The summed E-state index contributed by atoms with van der Waals surface area (Å²) in [4.78, 5) is 24.4. The third-order valence-corrected chi connectivity index (χ3v) is 5.46. The Hall–Kier alpha value is -3.68. The fourth-order valence-corrected chi connectivity index (χ4v) is 3.57. The van der Waals surface area contributed by atoms with Gasteiger partial charge in [-0.25, -0.2) is 0 Å². The van der Waals surface area contributed by atoms with E-state index in [2.05, 4.69) is 15.5 Å². The van der Waals surface area contributed by atoms with Gasteiger partial charge in [0.1, 0.15) is 5.75 Å². The van der Waals surface area contributed by atoms with Gasteiger partial charge in [0.15, 0.2) is 6.61 Å². The zero-order valence-corrected chi connectivity index (χ0v) is 21.1. The van der Waals surface area contributed by atoms with E-state index in [0.717, 1.165) is 22.3 Å². The molecule has 1 aromatic heterocycles. The van der Waals surface area contributed by atoms with E-state index in [0.29, 0.717) is 12.2 Å². The number of nitrogens with zero attached hydrogens (tertiary/aromatic N) is 2. The fourth-order valence-electron chi connectivity index (χ4n) is 3.57. The highest BCUT2D eigenvalue weighted by Crippen LogP contribution is 2.40. The maximum atomic E-state index is 12.3. The molecule has 1 amide bonds. The SMILES string of the molecule is CC(C)(C)c1cc(CCC(=O)OCC(=O)Nc2nnc(-c3ccccc3)o2)cc(C(C)(C)C)c1O. The van der Waals surface area contributed by atoms with E-state index in [4.69, 9.17) is 9.15 Å². The average molecular weight is 480 g/mol. The van der Waals surface area contributed by atoms with Gasteiger partial charge < -0.3 is 14.3 Å². The van der Waals surface area contributed by atoms with E-state index in [-0.39, 0.29) is 29.2 Å². The highest BCUT2D eigenvalue weighted by atomic mass is 16.5. The number of phenolic OH excluding ortho intramolecular Hbond substituents is 1. The molecular weight excluding hydrogens is 446 g/mol. The lowest BCUT2D eigenvalue weighted by molar-refractivity contribution is -0.147. The topological polar surface area (TPSA) is 115 Å². The number of anilines is 1. The molecule has 3 aromatic rings. The van der Waals surface area contributed by atoms with Gasteiger partial charge in [-0.2, -0.15) is 0 Å². The van der Waals surface area contributed by atoms with Crippen LogP contribution >= 0.6 is 0 Å². The number of ether oxygens (including phenoxy) is 1. The monoisotopic (exact) mass is 479 g/mol. The molecule has 8 nitrogen and oxygen atoms in total. The van der Waals surface area contributed by atoms with Crippen molar-refractivity contribution in [3.8, 4) is 17.2 Å². The van der Waals surface area contributed by atoms with Gasteiger partial charge in [0.25, 0.3) is 5.91 Å². The van der Waals surface area contributed by atoms with Gasteiger partial charge in [0.2, 0.25) is 5.89 Å². The Morgan fingerprint density at radius 2 is 1.57 bits per heavy atom. The molecule has 1 heterocycles. The second-order valence-corrected chi connectivity index (χ2v) is 10.5. The summed E-state index contributed by atoms with van der Waals surface area (Å²) < 4.78 is 10.5. The van der Waals surface area contributed by atoms with Crippen molar-refractivity contribution >= 4 is 17.9 Å². The van der Waals surface area contributed by atoms with Crippen molar-refractivity contribution in [1.29, 1.82) is 0 Å². The lowest BCUT2D eigenvalue weighted by Gasteiger charge is -2.28. The molecule has 0 bridgehead atoms. The molecule has 35 heavy (non-hydrogen) atoms. The highest BCUT2D eigenvalue weighted by molar-refractivity contribution is 5.91. The maximum absolute atomic E-state index is 12.3. The van der Waals surface area contributed by atoms with Gasteiger partial charge in [-0.15, -0.1) is 5.10 Å². The third-order valence-electron chi connectivity index (χ3n) is 5.46. The molecule has 8 heteroatoms. The zero-order valence-electron chi connectivity index (χ0n) is 21.1. The van der Waals surface area contributed by atoms with Crippen LogP contribution in [0.15, 0.2) is 46.9 Å². The van der Waals surface area contributed by atoms with Crippen LogP contribution in [-0.4, -0.2) is 33.8 Å². The van der Waals surface area contributed by atoms with Crippen LogP contribution in [0.3, 0.4) is 0 Å². The summed E-state index contributed by atoms with van der Waals surface area (Å²) in [6.07, 6.45) is 0.529. The number of phenols is 1. The molecule has 0 saturated heterocycles. The Labute approximate surface area is 205 Å². The Morgan fingerprint density at radius 1 is 0.971 bits per heavy atom. The van der Waals surface area contributed by atoms with E-state index >= 15 is 0 Å². The van der Waals surface area contributed by atoms with Crippen LogP contribution in [0.25, 0.3) is 11.5 Å². The minimum atomic E-state index is -0.573. The number of aromatic nitrogens is 2. The minimum Gasteiger partial charge on any atom is -0.507 e. The Morgan fingerprint density at radius 3 is 2.14 bits per heavy atom. The van der Waals surface area contributed by atoms with E-state index in [1.165, 1.54) is 0 Å². The molecule has 0 saturated carbocycles. The molecule has 0 aliphatic heterocycles. The molecule has 186 valence electrons. The molecular formula is C27H33N3O5. The number of aryl methyl sites for hydroxylation is 1. The van der Waals surface area contributed by atoms with Gasteiger partial charge >= 0.3 is 12.0 Å². The van der Waals surface area contributed by atoms with E-state index < -0.39 is 18.5 Å². The molecule has 2 aromatic carbocycles. The first-order valence-corrected chi connectivity index (χ1v) is 11.6. The van der Waals surface area contributed by atoms with Crippen LogP contribution in [0.4, 0.5) is 6.01 Å². The first kappa shape index (κ1) is 25.9. The van der Waals surface area contributed by atoms with E-state index in [1.807, 2.05) is 84.0 Å². The number of carbonyl (C=O) groups excluding carboxylic acids is 2. The molecule has 0 atom stereocenters. The number of carbonyl (C=O) groups is 2. The molecule has 0 spiro atoms. The minimum absolute atomic E-state index is 0.0709. The highest BCUT2D eigenvalue weighted by Gasteiger charge is 2.26. The lowest BCUT2D eigenvalue weighted by Crippen LogP contribution is -2.21. The van der Waals surface area contributed by atoms with Crippen molar-refractivity contribution in [3.63, 3.8) is 0 Å². The lowest BCUT2D eigenvalue weighted by atomic mass is 9.78. The summed E-state index contributed by atoms with van der Waals surface area (Å²) in [6, 6.07) is 13.0. The van der Waals surface area contributed by atoms with Crippen molar-refractivity contribution in [3.05, 3.63) is 59.2 Å². The van der Waals surface area contributed by atoms with Crippen LogP contribution < -0.4 is 5.32 Å².